The number of carbonyl (C=O) groups is 2. The summed E-state index contributed by atoms with van der Waals surface area (Å²) in [6, 6.07) is 7.18. The van der Waals surface area contributed by atoms with E-state index < -0.39 is 40.1 Å². The largest absolute Gasteiger partial charge is 0.468 e. The number of hydrogen-bond acceptors (Lipinski definition) is 6. The van der Waals surface area contributed by atoms with E-state index in [1.54, 1.807) is 0 Å². The van der Waals surface area contributed by atoms with Gasteiger partial charge in [0, 0.05) is 24.7 Å². The predicted molar refractivity (Wildman–Crippen MR) is 130 cm³/mol. The monoisotopic (exact) mass is 537 g/mol. The Morgan fingerprint density at radius 2 is 1.75 bits per heavy atom. The number of benzene rings is 2. The minimum absolute atomic E-state index is 0.0297. The van der Waals surface area contributed by atoms with E-state index in [1.807, 2.05) is 13.8 Å². The van der Waals surface area contributed by atoms with Crippen LogP contribution < -0.4 is 4.80 Å². The Morgan fingerprint density at radius 1 is 1.11 bits per heavy atom. The number of fused-ring (bicyclic) bond motifs is 1. The molecule has 1 amide bonds. The highest BCUT2D eigenvalue weighted by atomic mass is 32.2. The zero-order valence-corrected chi connectivity index (χ0v) is 21.5. The second-order valence-corrected chi connectivity index (χ2v) is 11.9. The highest BCUT2D eigenvalue weighted by molar-refractivity contribution is 7.89. The van der Waals surface area contributed by atoms with Gasteiger partial charge in [-0.15, -0.1) is 0 Å². The first-order chi connectivity index (χ1) is 17.0. The van der Waals surface area contributed by atoms with E-state index in [4.69, 9.17) is 0 Å². The molecular weight excluding hydrogens is 512 g/mol. The number of sulfonamides is 1. The van der Waals surface area contributed by atoms with Crippen molar-refractivity contribution in [3.8, 4) is 0 Å². The van der Waals surface area contributed by atoms with Crippen molar-refractivity contribution in [2.45, 2.75) is 31.7 Å². The van der Waals surface area contributed by atoms with Crippen LogP contribution >= 0.6 is 11.3 Å². The van der Waals surface area contributed by atoms with Crippen LogP contribution in [-0.4, -0.2) is 49.4 Å². The number of halogens is 2. The van der Waals surface area contributed by atoms with Crippen LogP contribution in [0, 0.1) is 23.5 Å². The number of thiazole rings is 1. The molecule has 2 atom stereocenters. The van der Waals surface area contributed by atoms with Crippen LogP contribution in [0.2, 0.25) is 0 Å². The zero-order valence-electron chi connectivity index (χ0n) is 19.9. The van der Waals surface area contributed by atoms with Gasteiger partial charge < -0.3 is 9.30 Å². The topological polar surface area (TPSA) is 98.0 Å². The van der Waals surface area contributed by atoms with Gasteiger partial charge in [0.25, 0.3) is 5.91 Å². The number of hydrogen-bond donors (Lipinski definition) is 0. The summed E-state index contributed by atoms with van der Waals surface area (Å²) in [6.45, 7) is 4.47. The minimum Gasteiger partial charge on any atom is -0.468 e. The summed E-state index contributed by atoms with van der Waals surface area (Å²) in [5.74, 6) is -2.65. The number of nitrogens with zero attached hydrogens (tertiary/aromatic N) is 3. The van der Waals surface area contributed by atoms with Crippen LogP contribution in [0.15, 0.2) is 46.3 Å². The van der Waals surface area contributed by atoms with Crippen molar-refractivity contribution in [2.75, 3.05) is 20.2 Å². The Kier molecular flexibility index (Phi) is 7.39. The van der Waals surface area contributed by atoms with Gasteiger partial charge in [0.2, 0.25) is 10.0 Å². The summed E-state index contributed by atoms with van der Waals surface area (Å²) in [5, 5.41) is 0. The molecule has 2 unspecified atom stereocenters. The number of ether oxygens (including phenoxy) is 1. The minimum atomic E-state index is -3.72. The zero-order chi connectivity index (χ0) is 26.2. The standard InChI is InChI=1S/C24H25F2N3O5S2/c1-14-8-15(2)12-28(11-14)36(32,33)18-6-4-16(5-7-18)23(31)27-24-29(13-21(30)34-3)22-19(26)9-17(25)10-20(22)35-24/h4-7,9-10,14-15H,8,11-13H2,1-3H3. The highest BCUT2D eigenvalue weighted by Gasteiger charge is 2.31. The number of rotatable bonds is 5. The molecule has 1 saturated heterocycles. The van der Waals surface area contributed by atoms with E-state index in [-0.39, 0.29) is 37.3 Å². The van der Waals surface area contributed by atoms with Crippen molar-refractivity contribution in [3.63, 3.8) is 0 Å². The van der Waals surface area contributed by atoms with E-state index in [2.05, 4.69) is 9.73 Å². The fourth-order valence-electron chi connectivity index (χ4n) is 4.43. The second-order valence-electron chi connectivity index (χ2n) is 8.99. The smallest absolute Gasteiger partial charge is 0.325 e. The van der Waals surface area contributed by atoms with Crippen LogP contribution in [0.3, 0.4) is 0 Å². The number of esters is 1. The molecule has 1 aliphatic heterocycles. The SMILES string of the molecule is COC(=O)Cn1c(=NC(=O)c2ccc(S(=O)(=O)N3CC(C)CC(C)C3)cc2)sc2cc(F)cc(F)c21. The van der Waals surface area contributed by atoms with E-state index >= 15 is 0 Å². The lowest BCUT2D eigenvalue weighted by Gasteiger charge is -2.34. The Labute approximate surface area is 210 Å². The molecule has 0 radical (unpaired) electrons. The van der Waals surface area contributed by atoms with Gasteiger partial charge >= 0.3 is 5.97 Å². The lowest BCUT2D eigenvalue weighted by atomic mass is 9.94. The maximum Gasteiger partial charge on any atom is 0.325 e. The molecular formula is C24H25F2N3O5S2. The van der Waals surface area contributed by atoms with Crippen molar-refractivity contribution in [1.82, 2.24) is 8.87 Å². The number of aromatic nitrogens is 1. The van der Waals surface area contributed by atoms with Crippen molar-refractivity contribution in [1.29, 1.82) is 0 Å². The lowest BCUT2D eigenvalue weighted by Crippen LogP contribution is -2.42. The third-order valence-electron chi connectivity index (χ3n) is 5.98. The van der Waals surface area contributed by atoms with Gasteiger partial charge in [0.05, 0.1) is 22.2 Å². The molecule has 0 bridgehead atoms. The molecule has 0 aliphatic carbocycles. The summed E-state index contributed by atoms with van der Waals surface area (Å²) in [5.41, 5.74) is 0.0211. The molecule has 36 heavy (non-hydrogen) atoms. The van der Waals surface area contributed by atoms with Crippen LogP contribution in [0.1, 0.15) is 30.6 Å². The van der Waals surface area contributed by atoms with E-state index in [9.17, 15) is 26.8 Å². The summed E-state index contributed by atoms with van der Waals surface area (Å²) in [4.78, 5) is 28.8. The molecule has 2 heterocycles. The molecule has 4 rings (SSSR count). The fraction of sp³-hybridized carbons (Fsp3) is 0.375. The predicted octanol–water partition coefficient (Wildman–Crippen LogP) is 3.56. The molecule has 8 nitrogen and oxygen atoms in total. The molecule has 12 heteroatoms. The normalized spacial score (nSPS) is 19.5. The van der Waals surface area contributed by atoms with Gasteiger partial charge in [-0.25, -0.2) is 17.2 Å². The van der Waals surface area contributed by atoms with Crippen molar-refractivity contribution in [3.05, 3.63) is 58.4 Å². The maximum atomic E-state index is 14.5. The van der Waals surface area contributed by atoms with E-state index in [1.165, 1.54) is 28.6 Å². The first-order valence-corrected chi connectivity index (χ1v) is 13.5. The average molecular weight is 538 g/mol. The number of methoxy groups -OCH3 is 1. The van der Waals surface area contributed by atoms with Gasteiger partial charge in [-0.2, -0.15) is 9.30 Å². The Morgan fingerprint density at radius 3 is 2.36 bits per heavy atom. The van der Waals surface area contributed by atoms with Gasteiger partial charge in [-0.3, -0.25) is 9.59 Å². The highest BCUT2D eigenvalue weighted by Crippen LogP contribution is 2.27. The fourth-order valence-corrected chi connectivity index (χ4v) is 7.17. The quantitative estimate of drug-likeness (QED) is 0.464. The molecule has 0 spiro atoms. The van der Waals surface area contributed by atoms with E-state index in [0.717, 1.165) is 35.5 Å². The molecule has 1 aliphatic rings. The Balaban J connectivity index is 1.68. The van der Waals surface area contributed by atoms with Crippen LogP contribution in [0.25, 0.3) is 10.2 Å². The number of carbonyl (C=O) groups excluding carboxylic acids is 2. The third kappa shape index (κ3) is 5.25. The summed E-state index contributed by atoms with van der Waals surface area (Å²) in [6.07, 6.45) is 0.964. The molecule has 0 saturated carbocycles. The lowest BCUT2D eigenvalue weighted by molar-refractivity contribution is -0.141. The van der Waals surface area contributed by atoms with Crippen molar-refractivity contribution in [2.24, 2.45) is 16.8 Å². The second kappa shape index (κ2) is 10.2. The van der Waals surface area contributed by atoms with E-state index in [0.29, 0.717) is 19.2 Å². The van der Waals surface area contributed by atoms with Gasteiger partial charge in [0.1, 0.15) is 12.4 Å². The van der Waals surface area contributed by atoms with Gasteiger partial charge in [0.15, 0.2) is 10.6 Å². The van der Waals surface area contributed by atoms with Crippen LogP contribution in [0.4, 0.5) is 8.78 Å². The first-order valence-electron chi connectivity index (χ1n) is 11.2. The average Bonchev–Trinajstić information content (AvgIpc) is 3.14. The molecule has 3 aromatic rings. The van der Waals surface area contributed by atoms with Crippen LogP contribution in [-0.2, 0) is 26.1 Å². The van der Waals surface area contributed by atoms with Crippen molar-refractivity contribution >= 4 is 43.5 Å². The third-order valence-corrected chi connectivity index (χ3v) is 8.85. The molecule has 0 N–H and O–H groups in total. The molecule has 2 aromatic carbocycles. The summed E-state index contributed by atoms with van der Waals surface area (Å²) in [7, 11) is -2.55. The number of piperidine rings is 1. The number of amides is 1. The first kappa shape index (κ1) is 26.1. The molecule has 192 valence electrons. The van der Waals surface area contributed by atoms with Crippen LogP contribution in [0.5, 0.6) is 0 Å². The summed E-state index contributed by atoms with van der Waals surface area (Å²) < 4.78 is 61.8. The maximum absolute atomic E-state index is 14.5. The molecule has 1 fully saturated rings. The van der Waals surface area contributed by atoms with Gasteiger partial charge in [-0.05, 0) is 48.6 Å². The van der Waals surface area contributed by atoms with Gasteiger partial charge in [-0.1, -0.05) is 25.2 Å². The Hall–Kier alpha value is -2.96. The molecule has 1 aromatic heterocycles. The summed E-state index contributed by atoms with van der Waals surface area (Å²) >= 11 is 0.839. The Bertz CT molecular complexity index is 1490. The van der Waals surface area contributed by atoms with Crippen molar-refractivity contribution < 1.29 is 31.5 Å².